The average molecular weight is 230 g/mol. The van der Waals surface area contributed by atoms with Crippen LogP contribution in [0.4, 0.5) is 0 Å². The van der Waals surface area contributed by atoms with Crippen LogP contribution in [0, 0.1) is 0 Å². The number of imidazole rings is 1. The van der Waals surface area contributed by atoms with Gasteiger partial charge in [-0.2, -0.15) is 0 Å². The van der Waals surface area contributed by atoms with Gasteiger partial charge < -0.3 is 5.32 Å². The van der Waals surface area contributed by atoms with E-state index in [1.165, 1.54) is 0 Å². The quantitative estimate of drug-likeness (QED) is 0.853. The Morgan fingerprint density at radius 3 is 2.94 bits per heavy atom. The van der Waals surface area contributed by atoms with Crippen molar-refractivity contribution in [2.75, 3.05) is 6.54 Å². The maximum Gasteiger partial charge on any atom is 0.138 e. The Hall–Kier alpha value is -1.68. The molecule has 0 radical (unpaired) electrons. The predicted octanol–water partition coefficient (Wildman–Crippen LogP) is 1.94. The van der Waals surface area contributed by atoms with Gasteiger partial charge in [-0.05, 0) is 18.7 Å². The van der Waals surface area contributed by atoms with Crippen LogP contribution in [0.1, 0.15) is 25.4 Å². The molecule has 1 N–H and O–H groups in total. The lowest BCUT2D eigenvalue weighted by Gasteiger charge is -2.07. The molecule has 0 fully saturated rings. The monoisotopic (exact) mass is 230 g/mol. The van der Waals surface area contributed by atoms with Gasteiger partial charge in [0.2, 0.25) is 0 Å². The summed E-state index contributed by atoms with van der Waals surface area (Å²) in [5.41, 5.74) is 1.06. The number of aromatic nitrogens is 3. The standard InChI is InChI=1S/C13H18N4/c1-3-12-15-8-9-17(12)13-7-5-6-11(16-13)10-14-4-2/h5-9,14H,3-4,10H2,1-2H3. The molecule has 0 aliphatic carbocycles. The minimum Gasteiger partial charge on any atom is -0.311 e. The fourth-order valence-corrected chi connectivity index (χ4v) is 1.76. The Bertz CT molecular complexity index is 476. The Balaban J connectivity index is 2.26. The van der Waals surface area contributed by atoms with Gasteiger partial charge in [-0.15, -0.1) is 0 Å². The van der Waals surface area contributed by atoms with Crippen molar-refractivity contribution in [2.45, 2.75) is 26.8 Å². The van der Waals surface area contributed by atoms with Crippen LogP contribution in [-0.4, -0.2) is 21.1 Å². The minimum atomic E-state index is 0.806. The molecule has 17 heavy (non-hydrogen) atoms. The van der Waals surface area contributed by atoms with E-state index in [9.17, 15) is 0 Å². The molecule has 0 atom stereocenters. The van der Waals surface area contributed by atoms with Gasteiger partial charge >= 0.3 is 0 Å². The van der Waals surface area contributed by atoms with Crippen LogP contribution in [0.5, 0.6) is 0 Å². The highest BCUT2D eigenvalue weighted by molar-refractivity contribution is 5.26. The Kier molecular flexibility index (Phi) is 3.88. The van der Waals surface area contributed by atoms with E-state index < -0.39 is 0 Å². The lowest BCUT2D eigenvalue weighted by molar-refractivity contribution is 0.706. The summed E-state index contributed by atoms with van der Waals surface area (Å²) >= 11 is 0. The molecule has 0 amide bonds. The van der Waals surface area contributed by atoms with Crippen LogP contribution < -0.4 is 5.32 Å². The molecule has 90 valence electrons. The largest absolute Gasteiger partial charge is 0.311 e. The number of aryl methyl sites for hydroxylation is 1. The Labute approximate surface area is 102 Å². The number of nitrogens with zero attached hydrogens (tertiary/aromatic N) is 3. The van der Waals surface area contributed by atoms with Gasteiger partial charge in [0.25, 0.3) is 0 Å². The Morgan fingerprint density at radius 2 is 2.18 bits per heavy atom. The third-order valence-electron chi connectivity index (χ3n) is 2.63. The summed E-state index contributed by atoms with van der Waals surface area (Å²) < 4.78 is 2.04. The first kappa shape index (κ1) is 11.8. The number of hydrogen-bond donors (Lipinski definition) is 1. The van der Waals surface area contributed by atoms with Gasteiger partial charge in [0.05, 0.1) is 5.69 Å². The molecule has 0 saturated carbocycles. The molecule has 4 heteroatoms. The van der Waals surface area contributed by atoms with Crippen molar-refractivity contribution >= 4 is 0 Å². The third-order valence-corrected chi connectivity index (χ3v) is 2.63. The summed E-state index contributed by atoms with van der Waals surface area (Å²) in [4.78, 5) is 8.93. The molecule has 0 bridgehead atoms. The van der Waals surface area contributed by atoms with E-state index in [4.69, 9.17) is 0 Å². The van der Waals surface area contributed by atoms with Gasteiger partial charge in [0, 0.05) is 25.4 Å². The van der Waals surface area contributed by atoms with E-state index in [1.54, 1.807) is 0 Å². The Morgan fingerprint density at radius 1 is 1.29 bits per heavy atom. The fraction of sp³-hybridized carbons (Fsp3) is 0.385. The van der Waals surface area contributed by atoms with Crippen molar-refractivity contribution in [1.82, 2.24) is 19.9 Å². The maximum absolute atomic E-state index is 4.62. The zero-order valence-electron chi connectivity index (χ0n) is 10.3. The van der Waals surface area contributed by atoms with Gasteiger partial charge in [0.15, 0.2) is 0 Å². The third kappa shape index (κ3) is 2.71. The van der Waals surface area contributed by atoms with Crippen molar-refractivity contribution in [3.05, 3.63) is 42.1 Å². The van der Waals surface area contributed by atoms with Crippen LogP contribution in [0.2, 0.25) is 0 Å². The second-order valence-corrected chi connectivity index (χ2v) is 3.83. The van der Waals surface area contributed by atoms with Gasteiger partial charge in [-0.3, -0.25) is 4.57 Å². The average Bonchev–Trinajstić information content (AvgIpc) is 2.85. The van der Waals surface area contributed by atoms with E-state index in [2.05, 4.69) is 29.1 Å². The molecule has 2 aromatic heterocycles. The highest BCUT2D eigenvalue weighted by atomic mass is 15.1. The molecule has 0 unspecified atom stereocenters. The molecule has 2 heterocycles. The van der Waals surface area contributed by atoms with Gasteiger partial charge in [-0.1, -0.05) is 19.9 Å². The summed E-state index contributed by atoms with van der Waals surface area (Å²) in [7, 11) is 0. The van der Waals surface area contributed by atoms with Crippen molar-refractivity contribution in [3.63, 3.8) is 0 Å². The molecular weight excluding hydrogens is 212 g/mol. The summed E-state index contributed by atoms with van der Waals surface area (Å²) in [5, 5.41) is 3.28. The number of rotatable bonds is 5. The van der Waals surface area contributed by atoms with E-state index >= 15 is 0 Å². The maximum atomic E-state index is 4.62. The van der Waals surface area contributed by atoms with Crippen LogP contribution in [0.25, 0.3) is 5.82 Å². The van der Waals surface area contributed by atoms with E-state index in [0.717, 1.165) is 36.8 Å². The van der Waals surface area contributed by atoms with E-state index in [-0.39, 0.29) is 0 Å². The van der Waals surface area contributed by atoms with Crippen LogP contribution >= 0.6 is 0 Å². The molecule has 4 nitrogen and oxygen atoms in total. The van der Waals surface area contributed by atoms with Crippen LogP contribution in [0.3, 0.4) is 0 Å². The first-order valence-corrected chi connectivity index (χ1v) is 6.04. The SMILES string of the molecule is CCNCc1cccc(-n2ccnc2CC)n1. The summed E-state index contributed by atoms with van der Waals surface area (Å²) in [6, 6.07) is 6.08. The number of pyridine rings is 1. The molecule has 2 rings (SSSR count). The molecule has 0 spiro atoms. The second-order valence-electron chi connectivity index (χ2n) is 3.83. The normalized spacial score (nSPS) is 10.7. The fourth-order valence-electron chi connectivity index (χ4n) is 1.76. The van der Waals surface area contributed by atoms with Gasteiger partial charge in [-0.25, -0.2) is 9.97 Å². The molecule has 0 aromatic carbocycles. The number of hydrogen-bond acceptors (Lipinski definition) is 3. The van der Waals surface area contributed by atoms with Crippen LogP contribution in [0.15, 0.2) is 30.6 Å². The molecular formula is C13H18N4. The molecule has 0 aliphatic heterocycles. The lowest BCUT2D eigenvalue weighted by atomic mass is 10.3. The highest BCUT2D eigenvalue weighted by Crippen LogP contribution is 2.09. The summed E-state index contributed by atoms with van der Waals surface area (Å²) in [6.07, 6.45) is 4.68. The van der Waals surface area contributed by atoms with Crippen LogP contribution in [-0.2, 0) is 13.0 Å². The first-order valence-electron chi connectivity index (χ1n) is 6.04. The smallest absolute Gasteiger partial charge is 0.138 e. The van der Waals surface area contributed by atoms with Crippen molar-refractivity contribution in [2.24, 2.45) is 0 Å². The lowest BCUT2D eigenvalue weighted by Crippen LogP contribution is -2.13. The molecule has 0 aliphatic rings. The van der Waals surface area contributed by atoms with Gasteiger partial charge in [0.1, 0.15) is 11.6 Å². The van der Waals surface area contributed by atoms with Crippen molar-refractivity contribution in [3.8, 4) is 5.82 Å². The summed E-state index contributed by atoms with van der Waals surface area (Å²) in [5.74, 6) is 1.98. The second kappa shape index (κ2) is 5.59. The topological polar surface area (TPSA) is 42.7 Å². The minimum absolute atomic E-state index is 0.806. The van der Waals surface area contributed by atoms with E-state index in [0.29, 0.717) is 0 Å². The zero-order valence-corrected chi connectivity index (χ0v) is 10.3. The first-order chi connectivity index (χ1) is 8.35. The van der Waals surface area contributed by atoms with Crippen molar-refractivity contribution < 1.29 is 0 Å². The molecule has 2 aromatic rings. The highest BCUT2D eigenvalue weighted by Gasteiger charge is 2.04. The van der Waals surface area contributed by atoms with E-state index in [1.807, 2.05) is 35.2 Å². The zero-order chi connectivity index (χ0) is 12.1. The number of nitrogens with one attached hydrogen (secondary N) is 1. The van der Waals surface area contributed by atoms with Crippen molar-refractivity contribution in [1.29, 1.82) is 0 Å². The predicted molar refractivity (Wildman–Crippen MR) is 68.1 cm³/mol. The summed E-state index contributed by atoms with van der Waals surface area (Å²) in [6.45, 7) is 5.95. The molecule has 0 saturated heterocycles.